The second-order valence-corrected chi connectivity index (χ2v) is 8.39. The highest BCUT2D eigenvalue weighted by Crippen LogP contribution is 2.20. The van der Waals surface area contributed by atoms with Crippen LogP contribution in [0.25, 0.3) is 11.4 Å². The maximum Gasteiger partial charge on any atom is 0.242 e. The van der Waals surface area contributed by atoms with Gasteiger partial charge in [-0.05, 0) is 29.8 Å². The Kier molecular flexibility index (Phi) is 5.53. The van der Waals surface area contributed by atoms with Crippen LogP contribution in [-0.2, 0) is 22.3 Å². The molecule has 0 aliphatic heterocycles. The van der Waals surface area contributed by atoms with Crippen molar-refractivity contribution in [1.82, 2.24) is 14.9 Å². The molecular weight excluding hydrogens is 430 g/mol. The maximum atomic E-state index is 12.1. The highest BCUT2D eigenvalue weighted by Gasteiger charge is 2.15. The Balaban J connectivity index is 1.64. The molecule has 0 aliphatic rings. The quantitative estimate of drug-likeness (QED) is 0.628. The largest absolute Gasteiger partial charge is 0.338 e. The number of hydrogen-bond donors (Lipinski definition) is 1. The third kappa shape index (κ3) is 5.12. The molecule has 0 bridgehead atoms. The van der Waals surface area contributed by atoms with Crippen LogP contribution in [0.15, 0.2) is 57.5 Å². The van der Waals surface area contributed by atoms with Crippen LogP contribution in [-0.4, -0.2) is 18.6 Å². The second-order valence-electron chi connectivity index (χ2n) is 5.23. The molecule has 130 valence electrons. The number of hydrogen-bond acceptors (Lipinski definition) is 5. The molecule has 0 saturated carbocycles. The third-order valence-corrected chi connectivity index (χ3v) is 5.33. The summed E-state index contributed by atoms with van der Waals surface area (Å²) in [5.74, 6) is 0.397. The van der Waals surface area contributed by atoms with E-state index in [4.69, 9.17) is 16.1 Å². The van der Waals surface area contributed by atoms with Crippen molar-refractivity contribution in [2.75, 3.05) is 0 Å². The molecule has 1 heterocycles. The van der Waals surface area contributed by atoms with Crippen molar-refractivity contribution in [2.45, 2.75) is 12.3 Å². The molecular formula is C16H13BrClN3O3S. The second kappa shape index (κ2) is 7.65. The lowest BCUT2D eigenvalue weighted by molar-refractivity contribution is 0.376. The number of sulfonamides is 1. The molecule has 2 aromatic carbocycles. The molecule has 0 saturated heterocycles. The van der Waals surface area contributed by atoms with Crippen LogP contribution in [0.1, 0.15) is 11.5 Å². The average Bonchev–Trinajstić information content (AvgIpc) is 3.04. The zero-order valence-electron chi connectivity index (χ0n) is 12.8. The molecule has 0 atom stereocenters. The summed E-state index contributed by atoms with van der Waals surface area (Å²) in [6.07, 6.45) is 0. The first-order valence-electron chi connectivity index (χ1n) is 7.22. The minimum atomic E-state index is -3.52. The Morgan fingerprint density at radius 1 is 1.16 bits per heavy atom. The van der Waals surface area contributed by atoms with Gasteiger partial charge in [-0.1, -0.05) is 57.0 Å². The number of aromatic nitrogens is 2. The highest BCUT2D eigenvalue weighted by atomic mass is 79.9. The minimum Gasteiger partial charge on any atom is -0.338 e. The van der Waals surface area contributed by atoms with Crippen LogP contribution >= 0.6 is 27.5 Å². The van der Waals surface area contributed by atoms with Crippen molar-refractivity contribution in [1.29, 1.82) is 0 Å². The number of nitrogens with zero attached hydrogens (tertiary/aromatic N) is 2. The van der Waals surface area contributed by atoms with Crippen molar-refractivity contribution < 1.29 is 12.9 Å². The van der Waals surface area contributed by atoms with Crippen molar-refractivity contribution in [2.24, 2.45) is 0 Å². The first kappa shape index (κ1) is 18.1. The van der Waals surface area contributed by atoms with E-state index in [9.17, 15) is 8.42 Å². The normalized spacial score (nSPS) is 11.6. The van der Waals surface area contributed by atoms with Gasteiger partial charge in [-0.3, -0.25) is 0 Å². The zero-order valence-corrected chi connectivity index (χ0v) is 16.0. The Morgan fingerprint density at radius 2 is 1.92 bits per heavy atom. The van der Waals surface area contributed by atoms with Crippen LogP contribution in [0.2, 0.25) is 5.02 Å². The smallest absolute Gasteiger partial charge is 0.242 e. The van der Waals surface area contributed by atoms with E-state index in [0.29, 0.717) is 22.0 Å². The van der Waals surface area contributed by atoms with Crippen molar-refractivity contribution in [3.63, 3.8) is 0 Å². The van der Waals surface area contributed by atoms with Gasteiger partial charge in [0.15, 0.2) is 0 Å². The van der Waals surface area contributed by atoms with Crippen LogP contribution in [0.4, 0.5) is 0 Å². The van der Waals surface area contributed by atoms with Crippen LogP contribution < -0.4 is 4.72 Å². The summed E-state index contributed by atoms with van der Waals surface area (Å²) < 4.78 is 32.7. The predicted octanol–water partition coefficient (Wildman–Crippen LogP) is 3.77. The van der Waals surface area contributed by atoms with Gasteiger partial charge in [0.2, 0.25) is 21.7 Å². The lowest BCUT2D eigenvalue weighted by Gasteiger charge is -2.04. The number of benzene rings is 2. The average molecular weight is 443 g/mol. The van der Waals surface area contributed by atoms with Gasteiger partial charge in [-0.25, -0.2) is 13.1 Å². The molecule has 3 aromatic rings. The van der Waals surface area contributed by atoms with Gasteiger partial charge >= 0.3 is 0 Å². The number of nitrogens with one attached hydrogen (secondary N) is 1. The number of halogens is 2. The van der Waals surface area contributed by atoms with E-state index in [2.05, 4.69) is 30.8 Å². The van der Waals surface area contributed by atoms with Crippen LogP contribution in [0, 0.1) is 0 Å². The fourth-order valence-corrected chi connectivity index (χ4v) is 3.63. The molecule has 0 amide bonds. The summed E-state index contributed by atoms with van der Waals surface area (Å²) in [5, 5.41) is 4.39. The maximum absolute atomic E-state index is 12.1. The number of rotatable bonds is 6. The van der Waals surface area contributed by atoms with Crippen LogP contribution in [0.3, 0.4) is 0 Å². The molecule has 1 aromatic heterocycles. The van der Waals surface area contributed by atoms with E-state index in [1.807, 2.05) is 0 Å². The first-order valence-corrected chi connectivity index (χ1v) is 10.0. The van der Waals surface area contributed by atoms with E-state index in [1.165, 1.54) is 0 Å². The summed E-state index contributed by atoms with van der Waals surface area (Å²) in [4.78, 5) is 4.17. The fraction of sp³-hybridized carbons (Fsp3) is 0.125. The zero-order chi connectivity index (χ0) is 17.9. The molecule has 25 heavy (non-hydrogen) atoms. The monoisotopic (exact) mass is 441 g/mol. The van der Waals surface area contributed by atoms with Gasteiger partial charge in [0, 0.05) is 15.1 Å². The van der Waals surface area contributed by atoms with E-state index in [-0.39, 0.29) is 18.2 Å². The predicted molar refractivity (Wildman–Crippen MR) is 98.3 cm³/mol. The Labute approximate surface area is 158 Å². The van der Waals surface area contributed by atoms with E-state index in [1.54, 1.807) is 48.5 Å². The molecule has 0 radical (unpaired) electrons. The molecule has 9 heteroatoms. The van der Waals surface area contributed by atoms with Crippen LogP contribution in [0.5, 0.6) is 0 Å². The lowest BCUT2D eigenvalue weighted by atomic mass is 10.2. The molecule has 0 fully saturated rings. The molecule has 3 rings (SSSR count). The summed E-state index contributed by atoms with van der Waals surface area (Å²) in [6, 6.07) is 14.1. The summed E-state index contributed by atoms with van der Waals surface area (Å²) in [7, 11) is -3.52. The highest BCUT2D eigenvalue weighted by molar-refractivity contribution is 9.10. The van der Waals surface area contributed by atoms with Gasteiger partial charge in [-0.2, -0.15) is 4.98 Å². The third-order valence-electron chi connectivity index (χ3n) is 3.26. The lowest BCUT2D eigenvalue weighted by Crippen LogP contribution is -2.24. The summed E-state index contributed by atoms with van der Waals surface area (Å²) in [6.45, 7) is -0.0770. The first-order chi connectivity index (χ1) is 11.9. The van der Waals surface area contributed by atoms with Crippen molar-refractivity contribution >= 4 is 37.6 Å². The summed E-state index contributed by atoms with van der Waals surface area (Å²) >= 11 is 9.24. The molecule has 0 spiro atoms. The Bertz CT molecular complexity index is 974. The minimum absolute atomic E-state index is 0.0770. The molecule has 6 nitrogen and oxygen atoms in total. The molecule has 1 N–H and O–H groups in total. The standard InChI is InChI=1S/C16H13BrClN3O3S/c17-13-6-4-11(5-7-13)10-25(22,23)19-9-15-20-16(21-24-15)12-2-1-3-14(18)8-12/h1-8,19H,9-10H2. The van der Waals surface area contributed by atoms with Gasteiger partial charge < -0.3 is 4.52 Å². The summed E-state index contributed by atoms with van der Waals surface area (Å²) in [5.41, 5.74) is 1.38. The van der Waals surface area contributed by atoms with Crippen molar-refractivity contribution in [3.05, 3.63) is 69.5 Å². The van der Waals surface area contributed by atoms with Gasteiger partial charge in [0.25, 0.3) is 0 Å². The topological polar surface area (TPSA) is 85.1 Å². The van der Waals surface area contributed by atoms with E-state index in [0.717, 1.165) is 4.47 Å². The van der Waals surface area contributed by atoms with E-state index < -0.39 is 10.0 Å². The van der Waals surface area contributed by atoms with Gasteiger partial charge in [0.05, 0.1) is 12.3 Å². The Hall–Kier alpha value is -1.74. The molecule has 0 unspecified atom stereocenters. The SMILES string of the molecule is O=S(=O)(Cc1ccc(Br)cc1)NCc1nc(-c2cccc(Cl)c2)no1. The Morgan fingerprint density at radius 3 is 2.64 bits per heavy atom. The molecule has 0 aliphatic carbocycles. The fourth-order valence-electron chi connectivity index (χ4n) is 2.09. The van der Waals surface area contributed by atoms with Gasteiger partial charge in [-0.15, -0.1) is 0 Å². The van der Waals surface area contributed by atoms with Gasteiger partial charge in [0.1, 0.15) is 0 Å². The van der Waals surface area contributed by atoms with Crippen molar-refractivity contribution in [3.8, 4) is 11.4 Å². The van der Waals surface area contributed by atoms with E-state index >= 15 is 0 Å².